The van der Waals surface area contributed by atoms with Gasteiger partial charge in [0, 0.05) is 68.3 Å². The molecule has 7 aromatic heterocycles. The van der Waals surface area contributed by atoms with E-state index in [0.29, 0.717) is 0 Å². The van der Waals surface area contributed by atoms with Crippen molar-refractivity contribution in [3.63, 3.8) is 0 Å². The van der Waals surface area contributed by atoms with Crippen LogP contribution in [0, 0.1) is 0 Å². The molecule has 0 radical (unpaired) electrons. The zero-order chi connectivity index (χ0) is 27.8. The Bertz CT molecular complexity index is 1840. The SMILES string of the molecule is C/C=C/c1ccc(-c2ccc(-c3ccc(-c4ccc(-c5ccc(-c6ccc(-c7ccc(/C=C/C)s7)s6)s5)s4)s3)s2)s1. The van der Waals surface area contributed by atoms with Crippen LogP contribution in [0.3, 0.4) is 0 Å². The molecule has 7 heteroatoms. The van der Waals surface area contributed by atoms with Crippen LogP contribution in [0.5, 0.6) is 0 Å². The molecule has 0 N–H and O–H groups in total. The summed E-state index contributed by atoms with van der Waals surface area (Å²) in [5.41, 5.74) is 0. The molecular formula is C34H24S7. The third kappa shape index (κ3) is 5.73. The quantitative estimate of drug-likeness (QED) is 0.153. The lowest BCUT2D eigenvalue weighted by Crippen LogP contribution is -1.59. The van der Waals surface area contributed by atoms with Crippen LogP contribution in [0.2, 0.25) is 0 Å². The monoisotopic (exact) mass is 656 g/mol. The van der Waals surface area contributed by atoms with E-state index < -0.39 is 0 Å². The lowest BCUT2D eigenvalue weighted by atomic mass is 10.3. The average Bonchev–Trinajstić information content (AvgIpc) is 3.79. The fourth-order valence-corrected chi connectivity index (χ4v) is 12.0. The molecule has 0 nitrogen and oxygen atoms in total. The van der Waals surface area contributed by atoms with Crippen molar-refractivity contribution in [2.45, 2.75) is 13.8 Å². The predicted molar refractivity (Wildman–Crippen MR) is 194 cm³/mol. The Labute approximate surface area is 268 Å². The second-order valence-electron chi connectivity index (χ2n) is 9.22. The van der Waals surface area contributed by atoms with Gasteiger partial charge in [0.2, 0.25) is 0 Å². The third-order valence-electron chi connectivity index (χ3n) is 6.40. The smallest absolute Gasteiger partial charge is 0.0449 e. The van der Waals surface area contributed by atoms with Gasteiger partial charge in [0.25, 0.3) is 0 Å². The lowest BCUT2D eigenvalue weighted by Gasteiger charge is -1.93. The maximum atomic E-state index is 2.28. The summed E-state index contributed by atoms with van der Waals surface area (Å²) in [6.45, 7) is 4.14. The number of hydrogen-bond donors (Lipinski definition) is 0. The first kappa shape index (κ1) is 27.2. The van der Waals surface area contributed by atoms with Crippen molar-refractivity contribution < 1.29 is 0 Å². The fraction of sp³-hybridized carbons (Fsp3) is 0.0588. The molecule has 7 heterocycles. The number of thiophene rings is 7. The molecule has 7 aromatic rings. The van der Waals surface area contributed by atoms with E-state index in [1.807, 2.05) is 79.4 Å². The number of rotatable bonds is 8. The first-order valence-electron chi connectivity index (χ1n) is 13.1. The summed E-state index contributed by atoms with van der Waals surface area (Å²) in [4.78, 5) is 18.7. The van der Waals surface area contributed by atoms with Gasteiger partial charge in [-0.15, -0.1) is 79.4 Å². The summed E-state index contributed by atoms with van der Waals surface area (Å²) in [5.74, 6) is 0. The highest BCUT2D eigenvalue weighted by molar-refractivity contribution is 7.31. The molecule has 0 aliphatic carbocycles. The van der Waals surface area contributed by atoms with Crippen molar-refractivity contribution in [1.29, 1.82) is 0 Å². The van der Waals surface area contributed by atoms with Gasteiger partial charge in [0.05, 0.1) is 0 Å². The van der Waals surface area contributed by atoms with E-state index >= 15 is 0 Å². The van der Waals surface area contributed by atoms with E-state index in [4.69, 9.17) is 0 Å². The normalized spacial score (nSPS) is 12.0. The van der Waals surface area contributed by atoms with E-state index in [2.05, 4.69) is 123 Å². The topological polar surface area (TPSA) is 0 Å². The van der Waals surface area contributed by atoms with Crippen molar-refractivity contribution in [3.8, 4) is 58.5 Å². The molecule has 0 bridgehead atoms. The third-order valence-corrected chi connectivity index (χ3v) is 15.1. The largest absolute Gasteiger partial charge is 0.135 e. The summed E-state index contributed by atoms with van der Waals surface area (Å²) < 4.78 is 0. The second kappa shape index (κ2) is 11.9. The number of allylic oxidation sites excluding steroid dienone is 2. The maximum absolute atomic E-state index is 2.28. The van der Waals surface area contributed by atoms with Crippen molar-refractivity contribution in [3.05, 3.63) is 107 Å². The fourth-order valence-electron chi connectivity index (χ4n) is 4.49. The second-order valence-corrected chi connectivity index (χ2v) is 16.9. The van der Waals surface area contributed by atoms with Crippen LogP contribution in [0.15, 0.2) is 97.1 Å². The van der Waals surface area contributed by atoms with Gasteiger partial charge in [-0.05, 0) is 111 Å². The average molecular weight is 657 g/mol. The van der Waals surface area contributed by atoms with Gasteiger partial charge in [-0.2, -0.15) is 0 Å². The van der Waals surface area contributed by atoms with Gasteiger partial charge >= 0.3 is 0 Å². The van der Waals surface area contributed by atoms with Crippen LogP contribution >= 0.6 is 79.4 Å². The van der Waals surface area contributed by atoms with Gasteiger partial charge in [-0.1, -0.05) is 12.2 Å². The maximum Gasteiger partial charge on any atom is 0.0449 e. The molecule has 0 unspecified atom stereocenters. The minimum absolute atomic E-state index is 1.31. The van der Waals surface area contributed by atoms with Gasteiger partial charge in [0.15, 0.2) is 0 Å². The standard InChI is InChI=1S/C34H24S7/c1-3-5-21-7-9-23(35-21)25-11-13-27(37-25)29-15-17-31(39-29)33-19-20-34(41-33)32-18-16-30(40-32)28-14-12-26(38-28)24-10-8-22(36-24)6-4-2/h3-20H,1-2H3/b5-3+,6-4+. The summed E-state index contributed by atoms with van der Waals surface area (Å²) in [5, 5.41) is 0. The van der Waals surface area contributed by atoms with Crippen LogP contribution < -0.4 is 0 Å². The molecule has 0 saturated carbocycles. The molecule has 0 spiro atoms. The molecule has 0 aromatic carbocycles. The Morgan fingerprint density at radius 2 is 0.488 bits per heavy atom. The highest BCUT2D eigenvalue weighted by atomic mass is 32.1. The highest BCUT2D eigenvalue weighted by Crippen LogP contribution is 2.46. The van der Waals surface area contributed by atoms with E-state index in [0.717, 1.165) is 0 Å². The molecule has 0 aliphatic rings. The van der Waals surface area contributed by atoms with Crippen LogP contribution in [0.25, 0.3) is 70.7 Å². The van der Waals surface area contributed by atoms with Crippen molar-refractivity contribution in [1.82, 2.24) is 0 Å². The lowest BCUT2D eigenvalue weighted by molar-refractivity contribution is 1.78. The van der Waals surface area contributed by atoms with E-state index in [1.54, 1.807) is 0 Å². The Kier molecular flexibility index (Phi) is 7.93. The Morgan fingerprint density at radius 1 is 0.293 bits per heavy atom. The van der Waals surface area contributed by atoms with Gasteiger partial charge in [-0.3, -0.25) is 0 Å². The minimum Gasteiger partial charge on any atom is -0.135 e. The minimum atomic E-state index is 1.31. The van der Waals surface area contributed by atoms with Gasteiger partial charge in [-0.25, -0.2) is 0 Å². The van der Waals surface area contributed by atoms with Crippen molar-refractivity contribution in [2.24, 2.45) is 0 Å². The summed E-state index contributed by atoms with van der Waals surface area (Å²) in [6, 6.07) is 31.6. The molecule has 0 amide bonds. The zero-order valence-electron chi connectivity index (χ0n) is 22.3. The summed E-state index contributed by atoms with van der Waals surface area (Å²) in [7, 11) is 0. The van der Waals surface area contributed by atoms with Crippen LogP contribution in [0.4, 0.5) is 0 Å². The molecule has 202 valence electrons. The molecule has 0 aliphatic heterocycles. The van der Waals surface area contributed by atoms with E-state index in [9.17, 15) is 0 Å². The molecule has 7 rings (SSSR count). The van der Waals surface area contributed by atoms with Gasteiger partial charge < -0.3 is 0 Å². The van der Waals surface area contributed by atoms with Crippen LogP contribution in [0.1, 0.15) is 23.6 Å². The Balaban J connectivity index is 1.07. The van der Waals surface area contributed by atoms with Crippen LogP contribution in [-0.2, 0) is 0 Å². The first-order chi connectivity index (χ1) is 20.2. The van der Waals surface area contributed by atoms with E-state index in [-0.39, 0.29) is 0 Å². The zero-order valence-corrected chi connectivity index (χ0v) is 28.0. The Morgan fingerprint density at radius 3 is 0.707 bits per heavy atom. The summed E-state index contributed by atoms with van der Waals surface area (Å²) >= 11 is 13.2. The predicted octanol–water partition coefficient (Wildman–Crippen LogP) is 14.2. The van der Waals surface area contributed by atoms with Crippen LogP contribution in [-0.4, -0.2) is 0 Å². The van der Waals surface area contributed by atoms with E-state index in [1.165, 1.54) is 68.3 Å². The molecule has 0 atom stereocenters. The van der Waals surface area contributed by atoms with Gasteiger partial charge in [0.1, 0.15) is 0 Å². The molecule has 0 fully saturated rings. The molecular weight excluding hydrogens is 633 g/mol. The van der Waals surface area contributed by atoms with Crippen molar-refractivity contribution in [2.75, 3.05) is 0 Å². The Hall–Kier alpha value is -2.62. The van der Waals surface area contributed by atoms with Crippen molar-refractivity contribution >= 4 is 91.5 Å². The number of hydrogen-bond acceptors (Lipinski definition) is 7. The molecule has 41 heavy (non-hydrogen) atoms. The highest BCUT2D eigenvalue weighted by Gasteiger charge is 2.14. The summed E-state index contributed by atoms with van der Waals surface area (Å²) in [6.07, 6.45) is 8.54. The first-order valence-corrected chi connectivity index (χ1v) is 18.8. The molecule has 0 saturated heterocycles.